The van der Waals surface area contributed by atoms with Gasteiger partial charge in [-0.25, -0.2) is 4.98 Å². The van der Waals surface area contributed by atoms with Crippen LogP contribution in [0.25, 0.3) is 0 Å². The van der Waals surface area contributed by atoms with Crippen LogP contribution < -0.4 is 10.1 Å². The maximum Gasteiger partial charge on any atom is 0.416 e. The van der Waals surface area contributed by atoms with E-state index in [1.54, 1.807) is 18.3 Å². The molecule has 0 aliphatic heterocycles. The van der Waals surface area contributed by atoms with Gasteiger partial charge in [0.1, 0.15) is 0 Å². The summed E-state index contributed by atoms with van der Waals surface area (Å²) in [7, 11) is 1.52. The van der Waals surface area contributed by atoms with Crippen molar-refractivity contribution < 1.29 is 17.9 Å². The number of hydrogen-bond donors (Lipinski definition) is 1. The van der Waals surface area contributed by atoms with E-state index in [1.165, 1.54) is 19.2 Å². The van der Waals surface area contributed by atoms with Gasteiger partial charge in [0.2, 0.25) is 5.88 Å². The molecule has 0 atom stereocenters. The van der Waals surface area contributed by atoms with Crippen LogP contribution in [0.4, 0.5) is 18.9 Å². The van der Waals surface area contributed by atoms with Crippen LogP contribution in [0, 0.1) is 0 Å². The fourth-order valence-electron chi connectivity index (χ4n) is 1.65. The summed E-state index contributed by atoms with van der Waals surface area (Å²) in [6.45, 7) is 0.422. The molecule has 1 heterocycles. The van der Waals surface area contributed by atoms with Crippen molar-refractivity contribution in [3.05, 3.63) is 53.7 Å². The third kappa shape index (κ3) is 3.63. The Balaban J connectivity index is 2.00. The van der Waals surface area contributed by atoms with E-state index in [1.807, 2.05) is 0 Å². The van der Waals surface area contributed by atoms with Gasteiger partial charge >= 0.3 is 6.18 Å². The lowest BCUT2D eigenvalue weighted by atomic mass is 10.1. The van der Waals surface area contributed by atoms with E-state index in [-0.39, 0.29) is 0 Å². The molecule has 0 aliphatic carbocycles. The summed E-state index contributed by atoms with van der Waals surface area (Å²) in [6, 6.07) is 8.52. The lowest BCUT2D eigenvalue weighted by Gasteiger charge is -2.09. The van der Waals surface area contributed by atoms with Gasteiger partial charge in [-0.15, -0.1) is 0 Å². The van der Waals surface area contributed by atoms with Crippen molar-refractivity contribution in [1.82, 2.24) is 4.98 Å². The second-order valence-corrected chi connectivity index (χ2v) is 4.14. The molecule has 0 fully saturated rings. The van der Waals surface area contributed by atoms with Crippen LogP contribution in [0.3, 0.4) is 0 Å². The first kappa shape index (κ1) is 14.2. The highest BCUT2D eigenvalue weighted by molar-refractivity contribution is 5.45. The van der Waals surface area contributed by atoms with E-state index in [9.17, 15) is 13.2 Å². The number of anilines is 1. The van der Waals surface area contributed by atoms with Crippen molar-refractivity contribution in [3.63, 3.8) is 0 Å². The van der Waals surface area contributed by atoms with Crippen LogP contribution in [0.1, 0.15) is 11.1 Å². The number of ether oxygens (including phenoxy) is 1. The lowest BCUT2D eigenvalue weighted by Crippen LogP contribution is -2.05. The molecule has 0 bridgehead atoms. The van der Waals surface area contributed by atoms with E-state index >= 15 is 0 Å². The van der Waals surface area contributed by atoms with E-state index in [4.69, 9.17) is 4.74 Å². The Kier molecular flexibility index (Phi) is 4.12. The molecule has 2 aromatic rings. The summed E-state index contributed by atoms with van der Waals surface area (Å²) in [6.07, 6.45) is -2.71. The molecule has 0 saturated heterocycles. The van der Waals surface area contributed by atoms with Crippen LogP contribution in [0.5, 0.6) is 5.88 Å². The number of alkyl halides is 3. The first-order chi connectivity index (χ1) is 9.49. The number of benzene rings is 1. The van der Waals surface area contributed by atoms with Gasteiger partial charge in [0, 0.05) is 24.5 Å². The largest absolute Gasteiger partial charge is 0.481 e. The quantitative estimate of drug-likeness (QED) is 0.928. The number of hydrogen-bond acceptors (Lipinski definition) is 3. The van der Waals surface area contributed by atoms with Gasteiger partial charge in [-0.2, -0.15) is 13.2 Å². The van der Waals surface area contributed by atoms with Crippen molar-refractivity contribution >= 4 is 5.69 Å². The van der Waals surface area contributed by atoms with Crippen LogP contribution in [-0.2, 0) is 12.7 Å². The van der Waals surface area contributed by atoms with Crippen molar-refractivity contribution in [2.75, 3.05) is 12.4 Å². The summed E-state index contributed by atoms with van der Waals surface area (Å²) in [5.41, 5.74) is 0.900. The Bertz CT molecular complexity index is 567. The minimum Gasteiger partial charge on any atom is -0.481 e. The van der Waals surface area contributed by atoms with Crippen LogP contribution >= 0.6 is 0 Å². The van der Waals surface area contributed by atoms with Crippen molar-refractivity contribution in [2.45, 2.75) is 12.7 Å². The van der Waals surface area contributed by atoms with Crippen molar-refractivity contribution in [1.29, 1.82) is 0 Å². The summed E-state index contributed by atoms with van der Waals surface area (Å²) in [4.78, 5) is 3.96. The molecular weight excluding hydrogens is 269 g/mol. The minimum atomic E-state index is -4.30. The van der Waals surface area contributed by atoms with Gasteiger partial charge in [-0.1, -0.05) is 12.1 Å². The Morgan fingerprint density at radius 2 is 1.85 bits per heavy atom. The van der Waals surface area contributed by atoms with Gasteiger partial charge in [0.15, 0.2) is 0 Å². The molecular formula is C14H13F3N2O. The molecule has 0 radical (unpaired) electrons. The van der Waals surface area contributed by atoms with Gasteiger partial charge in [-0.05, 0) is 23.8 Å². The second-order valence-electron chi connectivity index (χ2n) is 4.14. The number of nitrogens with one attached hydrogen (secondary N) is 1. The molecule has 1 aromatic carbocycles. The van der Waals surface area contributed by atoms with Gasteiger partial charge in [0.05, 0.1) is 12.7 Å². The first-order valence-corrected chi connectivity index (χ1v) is 5.89. The van der Waals surface area contributed by atoms with Crippen molar-refractivity contribution in [2.24, 2.45) is 0 Å². The van der Waals surface area contributed by atoms with Crippen LogP contribution in [0.15, 0.2) is 42.6 Å². The monoisotopic (exact) mass is 282 g/mol. The third-order valence-corrected chi connectivity index (χ3v) is 2.72. The molecule has 1 N–H and O–H groups in total. The van der Waals surface area contributed by atoms with E-state index in [0.29, 0.717) is 12.4 Å². The molecule has 6 heteroatoms. The molecule has 0 aliphatic rings. The molecule has 0 saturated carbocycles. The highest BCUT2D eigenvalue weighted by Gasteiger charge is 2.29. The molecule has 2 rings (SSSR count). The Hall–Kier alpha value is -2.24. The Morgan fingerprint density at radius 3 is 2.45 bits per heavy atom. The maximum absolute atomic E-state index is 12.4. The van der Waals surface area contributed by atoms with Gasteiger partial charge in [-0.3, -0.25) is 0 Å². The first-order valence-electron chi connectivity index (χ1n) is 5.89. The normalized spacial score (nSPS) is 11.2. The molecule has 3 nitrogen and oxygen atoms in total. The highest BCUT2D eigenvalue weighted by Crippen LogP contribution is 2.29. The highest BCUT2D eigenvalue weighted by atomic mass is 19.4. The summed E-state index contributed by atoms with van der Waals surface area (Å²) in [5, 5.41) is 3.09. The Labute approximate surface area is 114 Å². The number of nitrogens with zero attached hydrogens (tertiary/aromatic N) is 1. The SMILES string of the molecule is COc1cc(NCc2ccc(C(F)(F)F)cc2)ccn1. The number of pyridine rings is 1. The molecule has 20 heavy (non-hydrogen) atoms. The standard InChI is InChI=1S/C14H13F3N2O/c1-20-13-8-12(6-7-18-13)19-9-10-2-4-11(5-3-10)14(15,16)17/h2-8H,9H2,1H3,(H,18,19). The summed E-state index contributed by atoms with van der Waals surface area (Å²) < 4.78 is 42.2. The summed E-state index contributed by atoms with van der Waals surface area (Å²) >= 11 is 0. The zero-order chi connectivity index (χ0) is 14.6. The molecule has 0 amide bonds. The number of halogens is 3. The van der Waals surface area contributed by atoms with E-state index in [2.05, 4.69) is 10.3 Å². The van der Waals surface area contributed by atoms with Crippen LogP contribution in [-0.4, -0.2) is 12.1 Å². The van der Waals surface area contributed by atoms with E-state index < -0.39 is 11.7 Å². The Morgan fingerprint density at radius 1 is 1.15 bits per heavy atom. The maximum atomic E-state index is 12.4. The average Bonchev–Trinajstić information content (AvgIpc) is 2.45. The smallest absolute Gasteiger partial charge is 0.416 e. The predicted octanol–water partition coefficient (Wildman–Crippen LogP) is 3.72. The number of methoxy groups -OCH3 is 1. The zero-order valence-electron chi connectivity index (χ0n) is 10.7. The molecule has 0 unspecified atom stereocenters. The third-order valence-electron chi connectivity index (χ3n) is 2.72. The zero-order valence-corrected chi connectivity index (χ0v) is 10.7. The lowest BCUT2D eigenvalue weighted by molar-refractivity contribution is -0.137. The number of aromatic nitrogens is 1. The van der Waals surface area contributed by atoms with Crippen LogP contribution in [0.2, 0.25) is 0 Å². The molecule has 106 valence electrons. The molecule has 0 spiro atoms. The number of rotatable bonds is 4. The van der Waals surface area contributed by atoms with Gasteiger partial charge < -0.3 is 10.1 Å². The fourth-order valence-corrected chi connectivity index (χ4v) is 1.65. The second kappa shape index (κ2) is 5.81. The predicted molar refractivity (Wildman–Crippen MR) is 69.6 cm³/mol. The van der Waals surface area contributed by atoms with Gasteiger partial charge in [0.25, 0.3) is 0 Å². The topological polar surface area (TPSA) is 34.1 Å². The van der Waals surface area contributed by atoms with E-state index in [0.717, 1.165) is 23.4 Å². The van der Waals surface area contributed by atoms with Crippen molar-refractivity contribution in [3.8, 4) is 5.88 Å². The minimum absolute atomic E-state index is 0.422. The fraction of sp³-hybridized carbons (Fsp3) is 0.214. The average molecular weight is 282 g/mol. The molecule has 1 aromatic heterocycles. The summed E-state index contributed by atoms with van der Waals surface area (Å²) in [5.74, 6) is 0.474.